The molecule has 0 fully saturated rings. The molecule has 1 aromatic carbocycles. The molecule has 3 aromatic heterocycles. The fraction of sp³-hybridized carbons (Fsp3) is 0.409. The van der Waals surface area contributed by atoms with Gasteiger partial charge in [-0.2, -0.15) is 14.9 Å². The molecule has 0 bridgehead atoms. The van der Waals surface area contributed by atoms with Crippen molar-refractivity contribution in [3.63, 3.8) is 0 Å². The van der Waals surface area contributed by atoms with E-state index in [0.717, 1.165) is 42.9 Å². The smallest absolute Gasteiger partial charge is 0.328 e. The van der Waals surface area contributed by atoms with Crippen molar-refractivity contribution in [2.75, 3.05) is 0 Å². The lowest BCUT2D eigenvalue weighted by atomic mass is 10.1. The molecule has 33 heavy (non-hydrogen) atoms. The minimum absolute atomic E-state index is 0.0704. The van der Waals surface area contributed by atoms with Gasteiger partial charge >= 0.3 is 5.82 Å². The van der Waals surface area contributed by atoms with E-state index < -0.39 is 4.92 Å². The minimum atomic E-state index is -0.427. The van der Waals surface area contributed by atoms with Crippen molar-refractivity contribution in [3.8, 4) is 17.2 Å². The number of rotatable bonds is 10. The molecular formula is C22H27N9O2. The molecule has 0 atom stereocenters. The lowest BCUT2D eigenvalue weighted by Crippen LogP contribution is -2.08. The lowest BCUT2D eigenvalue weighted by molar-refractivity contribution is -0.390. The van der Waals surface area contributed by atoms with Gasteiger partial charge in [0.2, 0.25) is 5.82 Å². The Bertz CT molecular complexity index is 1210. The van der Waals surface area contributed by atoms with Crippen LogP contribution in [0.3, 0.4) is 0 Å². The summed E-state index contributed by atoms with van der Waals surface area (Å²) in [7, 11) is 0. The Kier molecular flexibility index (Phi) is 6.57. The Balaban J connectivity index is 1.62. The summed E-state index contributed by atoms with van der Waals surface area (Å²) in [6, 6.07) is 10.7. The van der Waals surface area contributed by atoms with E-state index in [1.165, 1.54) is 10.6 Å². The number of aromatic amines is 1. The highest BCUT2D eigenvalue weighted by Crippen LogP contribution is 2.28. The average Bonchev–Trinajstić information content (AvgIpc) is 3.52. The number of unbranched alkanes of at least 4 members (excludes halogenated alkanes) is 1. The Morgan fingerprint density at radius 1 is 1.15 bits per heavy atom. The fourth-order valence-electron chi connectivity index (χ4n) is 3.73. The van der Waals surface area contributed by atoms with Crippen LogP contribution in [0.1, 0.15) is 50.8 Å². The molecule has 11 heteroatoms. The number of aryl methyl sites for hydroxylation is 1. The Hall–Kier alpha value is -3.89. The largest absolute Gasteiger partial charge is 0.358 e. The molecular weight excluding hydrogens is 422 g/mol. The number of nitrogens with zero attached hydrogens (tertiary/aromatic N) is 8. The summed E-state index contributed by atoms with van der Waals surface area (Å²) in [5, 5.41) is 30.2. The Labute approximate surface area is 191 Å². The molecule has 1 N–H and O–H groups in total. The van der Waals surface area contributed by atoms with Crippen LogP contribution in [-0.4, -0.2) is 44.9 Å². The van der Waals surface area contributed by atoms with E-state index in [1.54, 1.807) is 6.07 Å². The predicted octanol–water partition coefficient (Wildman–Crippen LogP) is 3.75. The van der Waals surface area contributed by atoms with Crippen LogP contribution in [0.4, 0.5) is 5.82 Å². The first kappa shape index (κ1) is 22.3. The van der Waals surface area contributed by atoms with E-state index in [-0.39, 0.29) is 11.6 Å². The van der Waals surface area contributed by atoms with Crippen molar-refractivity contribution < 1.29 is 4.92 Å². The van der Waals surface area contributed by atoms with Crippen molar-refractivity contribution in [2.24, 2.45) is 5.92 Å². The maximum Gasteiger partial charge on any atom is 0.328 e. The van der Waals surface area contributed by atoms with Crippen LogP contribution >= 0.6 is 0 Å². The lowest BCUT2D eigenvalue weighted by Gasteiger charge is -2.08. The van der Waals surface area contributed by atoms with Gasteiger partial charge in [-0.1, -0.05) is 39.3 Å². The minimum Gasteiger partial charge on any atom is -0.358 e. The number of tetrazole rings is 1. The number of nitro groups is 1. The summed E-state index contributed by atoms with van der Waals surface area (Å²) >= 11 is 0. The molecule has 4 rings (SSSR count). The topological polar surface area (TPSA) is 133 Å². The quantitative estimate of drug-likeness (QED) is 0.288. The van der Waals surface area contributed by atoms with Gasteiger partial charge in [0, 0.05) is 18.9 Å². The average molecular weight is 450 g/mol. The highest BCUT2D eigenvalue weighted by atomic mass is 16.6. The number of H-pyrrole nitrogens is 1. The molecule has 0 aliphatic carbocycles. The van der Waals surface area contributed by atoms with Gasteiger partial charge in [-0.25, -0.2) is 9.67 Å². The molecule has 0 amide bonds. The second-order valence-electron chi connectivity index (χ2n) is 8.37. The summed E-state index contributed by atoms with van der Waals surface area (Å²) in [6.45, 7) is 7.08. The van der Waals surface area contributed by atoms with E-state index in [2.05, 4.69) is 41.4 Å². The summed E-state index contributed by atoms with van der Waals surface area (Å²) in [4.78, 5) is 15.9. The van der Waals surface area contributed by atoms with Crippen LogP contribution in [0, 0.1) is 16.0 Å². The van der Waals surface area contributed by atoms with Crippen molar-refractivity contribution in [3.05, 3.63) is 63.7 Å². The molecule has 0 saturated heterocycles. The van der Waals surface area contributed by atoms with Crippen LogP contribution in [0.25, 0.3) is 17.2 Å². The molecule has 3 heterocycles. The van der Waals surface area contributed by atoms with E-state index in [0.29, 0.717) is 23.8 Å². The van der Waals surface area contributed by atoms with Gasteiger partial charge in [0.15, 0.2) is 11.5 Å². The summed E-state index contributed by atoms with van der Waals surface area (Å²) in [5.74, 6) is 2.58. The van der Waals surface area contributed by atoms with Crippen molar-refractivity contribution in [2.45, 2.75) is 53.0 Å². The number of hydrogen-bond donors (Lipinski definition) is 1. The number of nitrogens with one attached hydrogen (secondary N) is 1. The van der Waals surface area contributed by atoms with Crippen LogP contribution in [0.5, 0.6) is 0 Å². The molecule has 0 radical (unpaired) electrons. The fourth-order valence-corrected chi connectivity index (χ4v) is 3.73. The molecule has 4 aromatic rings. The number of aromatic nitrogens is 8. The monoisotopic (exact) mass is 449 g/mol. The van der Waals surface area contributed by atoms with Gasteiger partial charge in [-0.3, -0.25) is 0 Å². The Morgan fingerprint density at radius 2 is 1.94 bits per heavy atom. The standard InChI is InChI=1S/C22H27N9O2/c1-4-5-6-20-23-19(13-15(2)3)26-29(20)14-16-7-9-17(10-8-16)30-18(22-24-27-28-25-22)11-12-21(30)31(32)33/h7-12,15H,4-6,13-14H2,1-3H3,(H,24,25,27,28). The van der Waals surface area contributed by atoms with Crippen LogP contribution in [0.15, 0.2) is 36.4 Å². The first-order valence-electron chi connectivity index (χ1n) is 11.1. The third-order valence-electron chi connectivity index (χ3n) is 5.29. The summed E-state index contributed by atoms with van der Waals surface area (Å²) in [5.41, 5.74) is 2.16. The summed E-state index contributed by atoms with van der Waals surface area (Å²) < 4.78 is 3.49. The molecule has 0 aliphatic heterocycles. The predicted molar refractivity (Wildman–Crippen MR) is 122 cm³/mol. The zero-order valence-electron chi connectivity index (χ0n) is 19.0. The van der Waals surface area contributed by atoms with Crippen LogP contribution in [-0.2, 0) is 19.4 Å². The van der Waals surface area contributed by atoms with Crippen LogP contribution < -0.4 is 0 Å². The molecule has 0 unspecified atom stereocenters. The van der Waals surface area contributed by atoms with E-state index in [1.807, 2.05) is 28.9 Å². The first-order chi connectivity index (χ1) is 16.0. The van der Waals surface area contributed by atoms with Gasteiger partial charge in [0.05, 0.1) is 6.54 Å². The third kappa shape index (κ3) is 4.97. The number of hydrogen-bond acceptors (Lipinski definition) is 7. The molecule has 172 valence electrons. The zero-order valence-corrected chi connectivity index (χ0v) is 19.0. The second-order valence-corrected chi connectivity index (χ2v) is 8.37. The normalized spacial score (nSPS) is 11.4. The van der Waals surface area contributed by atoms with Gasteiger partial charge in [0.1, 0.15) is 11.5 Å². The molecule has 0 spiro atoms. The maximum atomic E-state index is 11.6. The van der Waals surface area contributed by atoms with Gasteiger partial charge < -0.3 is 10.1 Å². The Morgan fingerprint density at radius 3 is 2.58 bits per heavy atom. The SMILES string of the molecule is CCCCc1nc(CC(C)C)nn1Cc1ccc(-n2c(-c3nn[nH]n3)ccc2[N+](=O)[O-])cc1. The van der Waals surface area contributed by atoms with Crippen molar-refractivity contribution in [1.82, 2.24) is 40.0 Å². The second kappa shape index (κ2) is 9.72. The van der Waals surface area contributed by atoms with Crippen molar-refractivity contribution >= 4 is 5.82 Å². The summed E-state index contributed by atoms with van der Waals surface area (Å²) in [6.07, 6.45) is 3.90. The molecule has 11 nitrogen and oxygen atoms in total. The van der Waals surface area contributed by atoms with Gasteiger partial charge in [-0.05, 0) is 46.2 Å². The molecule has 0 saturated carbocycles. The zero-order chi connectivity index (χ0) is 23.4. The first-order valence-corrected chi connectivity index (χ1v) is 11.1. The van der Waals surface area contributed by atoms with E-state index in [4.69, 9.17) is 10.1 Å². The molecule has 0 aliphatic rings. The highest BCUT2D eigenvalue weighted by Gasteiger charge is 2.24. The van der Waals surface area contributed by atoms with Crippen molar-refractivity contribution in [1.29, 1.82) is 0 Å². The van der Waals surface area contributed by atoms with E-state index >= 15 is 0 Å². The van der Waals surface area contributed by atoms with Gasteiger partial charge in [-0.15, -0.1) is 10.2 Å². The van der Waals surface area contributed by atoms with E-state index in [9.17, 15) is 10.1 Å². The maximum absolute atomic E-state index is 11.6. The van der Waals surface area contributed by atoms with Gasteiger partial charge in [0.25, 0.3) is 0 Å². The van der Waals surface area contributed by atoms with Crippen LogP contribution in [0.2, 0.25) is 0 Å². The number of benzene rings is 1. The highest BCUT2D eigenvalue weighted by molar-refractivity contribution is 5.60. The third-order valence-corrected chi connectivity index (χ3v) is 5.29.